The number of carbonyl (C=O) groups is 3. The van der Waals surface area contributed by atoms with E-state index < -0.39 is 76.8 Å². The van der Waals surface area contributed by atoms with Crippen molar-refractivity contribution in [3.8, 4) is 0 Å². The lowest BCUT2D eigenvalue weighted by molar-refractivity contribution is -0.398. The van der Waals surface area contributed by atoms with Crippen LogP contribution in [-0.2, 0) is 33.3 Å². The number of carboxylic acids is 1. The summed E-state index contributed by atoms with van der Waals surface area (Å²) in [5, 5.41) is 36.3. The van der Waals surface area contributed by atoms with E-state index in [1.165, 1.54) is 0 Å². The number of aliphatic hydroxyl groups excluding tert-OH is 1. The topological polar surface area (TPSA) is 173 Å². The molecule has 4 fully saturated rings. The predicted molar refractivity (Wildman–Crippen MR) is 237 cm³/mol. The Labute approximate surface area is 372 Å². The van der Waals surface area contributed by atoms with Gasteiger partial charge < -0.3 is 49.2 Å². The first kappa shape index (κ1) is 50.9. The lowest BCUT2D eigenvalue weighted by atomic mass is 9.72. The molecule has 0 bridgehead atoms. The summed E-state index contributed by atoms with van der Waals surface area (Å²) >= 11 is 0. The van der Waals surface area contributed by atoms with Crippen molar-refractivity contribution in [2.75, 3.05) is 13.1 Å². The van der Waals surface area contributed by atoms with Gasteiger partial charge in [-0.1, -0.05) is 75.3 Å². The van der Waals surface area contributed by atoms with E-state index in [0.717, 1.165) is 19.3 Å². The van der Waals surface area contributed by atoms with Gasteiger partial charge in [-0.25, -0.2) is 4.79 Å². The highest BCUT2D eigenvalue weighted by Crippen LogP contribution is 2.54. The fourth-order valence-corrected chi connectivity index (χ4v) is 11.7. The van der Waals surface area contributed by atoms with Crippen LogP contribution in [0.1, 0.15) is 160 Å². The summed E-state index contributed by atoms with van der Waals surface area (Å²) in [6.45, 7) is 25.1. The molecule has 4 N–H and O–H groups in total. The predicted octanol–water partition coefficient (Wildman–Crippen LogP) is 8.03. The van der Waals surface area contributed by atoms with Gasteiger partial charge in [-0.05, 0) is 102 Å². The number of amides is 2. The van der Waals surface area contributed by atoms with Crippen molar-refractivity contribution in [2.24, 2.45) is 41.4 Å². The summed E-state index contributed by atoms with van der Waals surface area (Å²) in [6.07, 6.45) is 8.40. The van der Waals surface area contributed by atoms with E-state index in [2.05, 4.69) is 39.9 Å². The van der Waals surface area contributed by atoms with Crippen molar-refractivity contribution in [1.29, 1.82) is 0 Å². The van der Waals surface area contributed by atoms with E-state index >= 15 is 0 Å². The van der Waals surface area contributed by atoms with Crippen LogP contribution in [0.25, 0.3) is 0 Å². The molecule has 0 unspecified atom stereocenters. The Hall–Kier alpha value is -2.13. The van der Waals surface area contributed by atoms with E-state index in [9.17, 15) is 29.7 Å². The maximum Gasteiger partial charge on any atom is 0.318 e. The summed E-state index contributed by atoms with van der Waals surface area (Å²) in [6, 6.07) is -0.832. The minimum absolute atomic E-state index is 0.0121. The van der Waals surface area contributed by atoms with Gasteiger partial charge >= 0.3 is 12.0 Å². The highest BCUT2D eigenvalue weighted by atomic mass is 16.8. The number of Topliss-reactive ketones (excluding diaryl/α,β-unsaturated/α-hetero) is 1. The number of carbonyl (C=O) groups excluding carboxylic acids is 2. The van der Waals surface area contributed by atoms with Crippen molar-refractivity contribution in [3.05, 3.63) is 12.2 Å². The fourth-order valence-electron chi connectivity index (χ4n) is 11.7. The summed E-state index contributed by atoms with van der Waals surface area (Å²) < 4.78 is 34.8. The first-order chi connectivity index (χ1) is 29.2. The van der Waals surface area contributed by atoms with E-state index in [4.69, 9.17) is 23.7 Å². The Kier molecular flexibility index (Phi) is 16.9. The van der Waals surface area contributed by atoms with Crippen molar-refractivity contribution >= 4 is 17.8 Å². The molecule has 18 atom stereocenters. The van der Waals surface area contributed by atoms with Crippen LogP contribution in [0.2, 0.25) is 0 Å². The van der Waals surface area contributed by atoms with E-state index in [1.807, 2.05) is 58.6 Å². The van der Waals surface area contributed by atoms with E-state index in [-0.39, 0.29) is 47.9 Å². The van der Waals surface area contributed by atoms with Gasteiger partial charge in [0.1, 0.15) is 11.8 Å². The number of ketones is 1. The molecule has 0 aliphatic carbocycles. The highest BCUT2D eigenvalue weighted by Gasteiger charge is 2.63. The number of carboxylic acid groups (broad SMARTS) is 1. The molecule has 0 saturated carbocycles. The Balaban J connectivity index is 1.41. The number of nitrogens with one attached hydrogen (secondary N) is 1. The minimum Gasteiger partial charge on any atom is -0.481 e. The number of rotatable bonds is 17. The van der Waals surface area contributed by atoms with Crippen molar-refractivity contribution in [2.45, 2.75) is 226 Å². The molecule has 62 heavy (non-hydrogen) atoms. The van der Waals surface area contributed by atoms with Crippen LogP contribution in [0.4, 0.5) is 4.79 Å². The largest absolute Gasteiger partial charge is 0.481 e. The van der Waals surface area contributed by atoms with Crippen molar-refractivity contribution in [3.63, 3.8) is 0 Å². The number of ether oxygens (including phenoxy) is 5. The lowest BCUT2D eigenvalue weighted by Gasteiger charge is -2.55. The first-order valence-electron chi connectivity index (χ1n) is 24.5. The third-order valence-electron chi connectivity index (χ3n) is 16.0. The summed E-state index contributed by atoms with van der Waals surface area (Å²) in [4.78, 5) is 42.5. The fraction of sp³-hybridized carbons (Fsp3) is 0.898. The molecule has 2 spiro atoms. The molecule has 5 rings (SSSR count). The number of hydrogen-bond acceptors (Lipinski definition) is 10. The van der Waals surface area contributed by atoms with Crippen LogP contribution < -0.4 is 5.32 Å². The number of aliphatic carboxylic acids is 1. The van der Waals surface area contributed by atoms with Crippen molar-refractivity contribution in [1.82, 2.24) is 10.2 Å². The van der Waals surface area contributed by atoms with Gasteiger partial charge in [0.25, 0.3) is 0 Å². The van der Waals surface area contributed by atoms with Crippen LogP contribution in [-0.4, -0.2) is 117 Å². The molecule has 0 radical (unpaired) electrons. The molecule has 13 nitrogen and oxygen atoms in total. The second-order valence-corrected chi connectivity index (χ2v) is 20.4. The molecule has 13 heteroatoms. The van der Waals surface area contributed by atoms with Gasteiger partial charge in [0, 0.05) is 43.2 Å². The summed E-state index contributed by atoms with van der Waals surface area (Å²) in [7, 11) is 0. The molecular weight excluding hydrogens is 793 g/mol. The Morgan fingerprint density at radius 1 is 0.855 bits per heavy atom. The van der Waals surface area contributed by atoms with E-state index in [1.54, 1.807) is 6.92 Å². The van der Waals surface area contributed by atoms with Crippen LogP contribution in [0.3, 0.4) is 0 Å². The molecule has 0 aromatic rings. The SMILES string of the molecule is CCCN(CCC)C(=O)N[C@@H]1C=C[C@]2(O[C@H]([C@@H](CC)C(=O)[C@@H](C)[C@@H](O)[C@H](C)[C@@H]3O[C@@H]([C@@H](CC)C(=O)O)CC[C@@H]3C)[C@@H](C)C[C@H]2C)O[C@@]12CC[C@@](C)([C@H]1CC[C@](O)(CC)[C@H](C)O1)O2. The number of urea groups is 1. The lowest BCUT2D eigenvalue weighted by Crippen LogP contribution is -2.66. The monoisotopic (exact) mass is 877 g/mol. The second-order valence-electron chi connectivity index (χ2n) is 20.4. The van der Waals surface area contributed by atoms with Gasteiger partial charge in [-0.2, -0.15) is 0 Å². The molecule has 0 aromatic carbocycles. The van der Waals surface area contributed by atoms with Crippen LogP contribution in [0.15, 0.2) is 12.2 Å². The molecule has 5 heterocycles. The third kappa shape index (κ3) is 10.1. The number of aliphatic hydroxyl groups is 2. The third-order valence-corrected chi connectivity index (χ3v) is 16.0. The molecule has 0 aromatic heterocycles. The average Bonchev–Trinajstić information content (AvgIpc) is 3.58. The van der Waals surface area contributed by atoms with E-state index in [0.29, 0.717) is 70.9 Å². The second kappa shape index (κ2) is 20.6. The highest BCUT2D eigenvalue weighted by molar-refractivity contribution is 5.84. The van der Waals surface area contributed by atoms with Gasteiger partial charge in [-0.3, -0.25) is 9.59 Å². The molecule has 4 saturated heterocycles. The Morgan fingerprint density at radius 3 is 2.10 bits per heavy atom. The van der Waals surface area contributed by atoms with Gasteiger partial charge in [-0.15, -0.1) is 0 Å². The Morgan fingerprint density at radius 2 is 1.52 bits per heavy atom. The zero-order valence-electron chi connectivity index (χ0n) is 40.2. The maximum atomic E-state index is 14.7. The van der Waals surface area contributed by atoms with Gasteiger partial charge in [0.05, 0.1) is 53.7 Å². The van der Waals surface area contributed by atoms with Crippen LogP contribution in [0.5, 0.6) is 0 Å². The zero-order valence-corrected chi connectivity index (χ0v) is 40.2. The maximum absolute atomic E-state index is 14.7. The number of hydrogen-bond donors (Lipinski definition) is 4. The number of nitrogens with zero attached hydrogens (tertiary/aromatic N) is 1. The quantitative estimate of drug-likeness (QED) is 0.104. The van der Waals surface area contributed by atoms with Gasteiger partial charge in [0.2, 0.25) is 0 Å². The average molecular weight is 877 g/mol. The molecule has 2 amide bonds. The van der Waals surface area contributed by atoms with Crippen LogP contribution in [0, 0.1) is 41.4 Å². The minimum atomic E-state index is -1.32. The summed E-state index contributed by atoms with van der Waals surface area (Å²) in [5.41, 5.74) is -1.69. The smallest absolute Gasteiger partial charge is 0.318 e. The Bertz CT molecular complexity index is 1560. The normalized spacial score (nSPS) is 41.0. The summed E-state index contributed by atoms with van der Waals surface area (Å²) in [5.74, 6) is -5.91. The van der Waals surface area contributed by atoms with Gasteiger partial charge in [0.15, 0.2) is 11.6 Å². The first-order valence-corrected chi connectivity index (χ1v) is 24.5. The zero-order chi connectivity index (χ0) is 45.9. The molecule has 356 valence electrons. The standard InChI is InChI=1S/C49H84N2O11/c1-13-26-51(27-14-2)45(56)50-38-20-23-48(62-49(38)25-24-46(12,61-49)39-21-22-47(57,17-5)34(11)58-39)31(8)28-30(7)43(60-48)36(16-4)41(53)32(9)40(52)33(10)42-29(6)18-19-37(59-42)35(15-3)44(54)55/h20,23,29-40,42-43,52,57H,13-19,21-22,24-28H2,1-12H3,(H,50,56)(H,54,55)/t29-,30-,31+,32-,33-,34-,35+,36-,37+,38+,39+,40+,42+,43-,46-,47+,48-,49-/m0/s1. The molecule has 5 aliphatic rings. The molecule has 5 aliphatic heterocycles. The van der Waals surface area contributed by atoms with Crippen molar-refractivity contribution < 1.29 is 53.4 Å². The van der Waals surface area contributed by atoms with Crippen LogP contribution >= 0.6 is 0 Å². The molecular formula is C49H84N2O11.